The molecule has 4 rings (SSSR count). The van der Waals surface area contributed by atoms with Crippen molar-refractivity contribution in [2.75, 3.05) is 11.9 Å². The van der Waals surface area contributed by atoms with E-state index < -0.39 is 59.3 Å². The molecule has 3 aromatic carbocycles. The van der Waals surface area contributed by atoms with Gasteiger partial charge in [-0.1, -0.05) is 17.7 Å². The first kappa shape index (κ1) is 26.9. The van der Waals surface area contributed by atoms with Gasteiger partial charge >= 0.3 is 6.03 Å². The van der Waals surface area contributed by atoms with Gasteiger partial charge in [0.05, 0.1) is 28.9 Å². The van der Waals surface area contributed by atoms with Crippen molar-refractivity contribution >= 4 is 35.1 Å². The number of benzene rings is 3. The van der Waals surface area contributed by atoms with Gasteiger partial charge in [0.15, 0.2) is 0 Å². The Bertz CT molecular complexity index is 1460. The van der Waals surface area contributed by atoms with Gasteiger partial charge < -0.3 is 16.0 Å². The van der Waals surface area contributed by atoms with Gasteiger partial charge in [0, 0.05) is 42.4 Å². The van der Waals surface area contributed by atoms with Crippen molar-refractivity contribution in [3.8, 4) is 0 Å². The predicted octanol–water partition coefficient (Wildman–Crippen LogP) is 5.06. The van der Waals surface area contributed by atoms with E-state index in [1.165, 1.54) is 21.9 Å². The van der Waals surface area contributed by atoms with Crippen LogP contribution in [0, 0.1) is 23.3 Å². The molecule has 1 aliphatic heterocycles. The minimum atomic E-state index is -1.15. The molecule has 198 valence electrons. The molecular formula is C26H21ClF4N4O3. The molecule has 0 radical (unpaired) electrons. The first-order chi connectivity index (χ1) is 17.9. The van der Waals surface area contributed by atoms with Gasteiger partial charge in [-0.25, -0.2) is 22.4 Å². The van der Waals surface area contributed by atoms with Gasteiger partial charge in [-0.05, 0) is 36.8 Å². The van der Waals surface area contributed by atoms with Gasteiger partial charge in [0.1, 0.15) is 23.3 Å². The lowest BCUT2D eigenvalue weighted by molar-refractivity contribution is 0.0948. The van der Waals surface area contributed by atoms with Crippen LogP contribution in [-0.2, 0) is 13.1 Å². The largest absolute Gasteiger partial charge is 0.366 e. The summed E-state index contributed by atoms with van der Waals surface area (Å²) in [6.07, 6.45) is 0. The summed E-state index contributed by atoms with van der Waals surface area (Å²) < 4.78 is 55.8. The topological polar surface area (TPSA) is 95.7 Å². The van der Waals surface area contributed by atoms with E-state index in [2.05, 4.69) is 5.32 Å². The zero-order valence-corrected chi connectivity index (χ0v) is 20.9. The number of hydrogen-bond donors (Lipinski definition) is 2. The molecule has 7 nitrogen and oxygen atoms in total. The fraction of sp³-hybridized carbons (Fsp3) is 0.192. The standard InChI is InChI=1S/C26H21ClF4N4O3/c1-12-15-4-3-13(25(37)33-10-17-20(30)8-14(28)9-21(17)31)7-22(15)35(26(38)34(12)2)11-18-19(29)6-5-16(23(18)27)24(32)36/h3-9,12H,10-11H2,1-2H3,(H2,32,36)(H,33,37)/t12-/m0/s1. The number of primary amides is 1. The van der Waals surface area contributed by atoms with Crippen LogP contribution in [0.5, 0.6) is 0 Å². The third-order valence-electron chi connectivity index (χ3n) is 6.45. The van der Waals surface area contributed by atoms with Crippen LogP contribution in [0.15, 0.2) is 42.5 Å². The van der Waals surface area contributed by atoms with Crippen LogP contribution in [0.3, 0.4) is 0 Å². The normalized spacial score (nSPS) is 14.9. The maximum absolute atomic E-state index is 14.7. The molecule has 3 N–H and O–H groups in total. The quantitative estimate of drug-likeness (QED) is 0.422. The van der Waals surface area contributed by atoms with Crippen molar-refractivity contribution in [3.05, 3.63) is 98.6 Å². The molecule has 4 amide bonds. The Hall–Kier alpha value is -4.12. The van der Waals surface area contributed by atoms with E-state index in [0.29, 0.717) is 17.7 Å². The highest BCUT2D eigenvalue weighted by atomic mass is 35.5. The number of halogens is 5. The Morgan fingerprint density at radius 2 is 1.66 bits per heavy atom. The zero-order valence-electron chi connectivity index (χ0n) is 20.1. The number of nitrogens with one attached hydrogen (secondary N) is 1. The Labute approximate surface area is 219 Å². The van der Waals surface area contributed by atoms with Crippen LogP contribution >= 0.6 is 11.6 Å². The van der Waals surface area contributed by atoms with Crippen molar-refractivity contribution in [2.45, 2.75) is 26.1 Å². The highest BCUT2D eigenvalue weighted by Crippen LogP contribution is 2.38. The number of fused-ring (bicyclic) bond motifs is 1. The van der Waals surface area contributed by atoms with E-state index in [9.17, 15) is 31.9 Å². The highest BCUT2D eigenvalue weighted by Gasteiger charge is 2.35. The molecule has 1 heterocycles. The lowest BCUT2D eigenvalue weighted by Crippen LogP contribution is -2.46. The lowest BCUT2D eigenvalue weighted by Gasteiger charge is -2.40. The van der Waals surface area contributed by atoms with E-state index in [1.807, 2.05) is 0 Å². The van der Waals surface area contributed by atoms with Crippen molar-refractivity contribution < 1.29 is 31.9 Å². The molecule has 0 aliphatic carbocycles. The first-order valence-corrected chi connectivity index (χ1v) is 11.6. The summed E-state index contributed by atoms with van der Waals surface area (Å²) in [6.45, 7) is 0.817. The number of carbonyl (C=O) groups excluding carboxylic acids is 3. The Kier molecular flexibility index (Phi) is 7.32. The summed E-state index contributed by atoms with van der Waals surface area (Å²) in [5.74, 6) is -5.77. The zero-order chi connectivity index (χ0) is 27.9. The second-order valence-electron chi connectivity index (χ2n) is 8.71. The second kappa shape index (κ2) is 10.3. The molecule has 12 heteroatoms. The van der Waals surface area contributed by atoms with E-state index in [1.54, 1.807) is 20.0 Å². The molecular weight excluding hydrogens is 528 g/mol. The van der Waals surface area contributed by atoms with Crippen LogP contribution in [0.2, 0.25) is 5.02 Å². The van der Waals surface area contributed by atoms with Crippen LogP contribution in [0.4, 0.5) is 28.0 Å². The average molecular weight is 549 g/mol. The minimum absolute atomic E-state index is 0.0405. The number of amides is 4. The van der Waals surface area contributed by atoms with E-state index >= 15 is 0 Å². The number of anilines is 1. The van der Waals surface area contributed by atoms with Crippen molar-refractivity contribution in [3.63, 3.8) is 0 Å². The average Bonchev–Trinajstić information content (AvgIpc) is 2.85. The summed E-state index contributed by atoms with van der Waals surface area (Å²) in [5, 5.41) is 2.12. The number of carbonyl (C=O) groups is 3. The maximum Gasteiger partial charge on any atom is 0.325 e. The number of urea groups is 1. The molecule has 0 fully saturated rings. The second-order valence-corrected chi connectivity index (χ2v) is 9.09. The van der Waals surface area contributed by atoms with Crippen molar-refractivity contribution in [1.29, 1.82) is 0 Å². The monoisotopic (exact) mass is 548 g/mol. The van der Waals surface area contributed by atoms with Gasteiger partial charge in [0.25, 0.3) is 5.91 Å². The molecule has 1 aliphatic rings. The summed E-state index contributed by atoms with van der Waals surface area (Å²) >= 11 is 6.24. The highest BCUT2D eigenvalue weighted by molar-refractivity contribution is 6.34. The third kappa shape index (κ3) is 4.89. The summed E-state index contributed by atoms with van der Waals surface area (Å²) in [7, 11) is 1.55. The van der Waals surface area contributed by atoms with Crippen LogP contribution in [0.25, 0.3) is 0 Å². The number of rotatable bonds is 6. The van der Waals surface area contributed by atoms with Gasteiger partial charge in [0.2, 0.25) is 5.91 Å². The molecule has 0 spiro atoms. The number of nitrogens with two attached hydrogens (primary N) is 1. The Morgan fingerprint density at radius 1 is 1.00 bits per heavy atom. The number of nitrogens with zero attached hydrogens (tertiary/aromatic N) is 2. The maximum atomic E-state index is 14.7. The summed E-state index contributed by atoms with van der Waals surface area (Å²) in [6, 6.07) is 6.66. The minimum Gasteiger partial charge on any atom is -0.366 e. The molecule has 0 aromatic heterocycles. The third-order valence-corrected chi connectivity index (χ3v) is 6.88. The fourth-order valence-electron chi connectivity index (χ4n) is 4.20. The lowest BCUT2D eigenvalue weighted by atomic mass is 9.98. The van der Waals surface area contributed by atoms with Crippen molar-refractivity contribution in [2.24, 2.45) is 5.73 Å². The predicted molar refractivity (Wildman–Crippen MR) is 132 cm³/mol. The summed E-state index contributed by atoms with van der Waals surface area (Å²) in [4.78, 5) is 40.4. The smallest absolute Gasteiger partial charge is 0.325 e. The first-order valence-electron chi connectivity index (χ1n) is 11.3. The molecule has 38 heavy (non-hydrogen) atoms. The van der Waals surface area contributed by atoms with E-state index in [4.69, 9.17) is 17.3 Å². The molecule has 3 aromatic rings. The SMILES string of the molecule is C[C@H]1c2ccc(C(=O)NCc3c(F)cc(F)cc3F)cc2N(Cc2c(F)ccc(C(N)=O)c2Cl)C(=O)N1C. The molecule has 0 unspecified atom stereocenters. The van der Waals surface area contributed by atoms with Crippen LogP contribution in [-0.4, -0.2) is 29.8 Å². The molecule has 0 bridgehead atoms. The van der Waals surface area contributed by atoms with Crippen molar-refractivity contribution in [1.82, 2.24) is 10.2 Å². The van der Waals surface area contributed by atoms with E-state index in [-0.39, 0.29) is 33.9 Å². The van der Waals surface area contributed by atoms with Crippen LogP contribution < -0.4 is 16.0 Å². The van der Waals surface area contributed by atoms with Gasteiger partial charge in [-0.3, -0.25) is 14.5 Å². The Balaban J connectivity index is 1.69. The summed E-state index contributed by atoms with van der Waals surface area (Å²) in [5.41, 5.74) is 5.46. The Morgan fingerprint density at radius 3 is 2.29 bits per heavy atom. The number of hydrogen-bond acceptors (Lipinski definition) is 3. The van der Waals surface area contributed by atoms with Gasteiger partial charge in [-0.2, -0.15) is 0 Å². The molecule has 1 atom stereocenters. The molecule has 0 saturated carbocycles. The fourth-order valence-corrected chi connectivity index (χ4v) is 4.50. The molecule has 0 saturated heterocycles. The van der Waals surface area contributed by atoms with Crippen LogP contribution in [0.1, 0.15) is 50.4 Å². The van der Waals surface area contributed by atoms with E-state index in [0.717, 1.165) is 12.1 Å². The van der Waals surface area contributed by atoms with Gasteiger partial charge in [-0.15, -0.1) is 0 Å².